The first-order valence-electron chi connectivity index (χ1n) is 9.48. The Balaban J connectivity index is 0. The van der Waals surface area contributed by atoms with E-state index in [2.05, 4.69) is 19.1 Å². The molecule has 0 amide bonds. The maximum Gasteiger partial charge on any atom is 0.302 e. The summed E-state index contributed by atoms with van der Waals surface area (Å²) < 4.78 is 4.90. The molecular weight excluding hydrogens is 304 g/mol. The summed E-state index contributed by atoms with van der Waals surface area (Å²) in [5, 5.41) is 7.42. The van der Waals surface area contributed by atoms with Crippen LogP contribution in [0.1, 0.15) is 97.8 Å². The van der Waals surface area contributed by atoms with Gasteiger partial charge in [-0.15, -0.1) is 0 Å². The summed E-state index contributed by atoms with van der Waals surface area (Å²) in [6.07, 6.45) is 20.1. The van der Waals surface area contributed by atoms with Gasteiger partial charge in [-0.3, -0.25) is 9.59 Å². The highest BCUT2D eigenvalue weighted by Gasteiger charge is 1.93. The van der Waals surface area contributed by atoms with E-state index in [1.807, 2.05) is 0 Å². The van der Waals surface area contributed by atoms with E-state index in [1.54, 1.807) is 0 Å². The second-order valence-corrected chi connectivity index (χ2v) is 6.09. The standard InChI is InChI=1S/C18H34O2.C2H4O2/c1-3-4-5-6-7-8-9-10-11-12-13-14-15-16-17-20-18(2)19;1-2(3)4/h8-9H,3-7,10-17H2,1-2H3;1H3,(H,3,4)/b9-8-;. The molecule has 0 aromatic carbocycles. The molecule has 0 aromatic rings. The van der Waals surface area contributed by atoms with E-state index in [-0.39, 0.29) is 5.97 Å². The van der Waals surface area contributed by atoms with Crippen molar-refractivity contribution >= 4 is 11.9 Å². The zero-order chi connectivity index (χ0) is 18.5. The summed E-state index contributed by atoms with van der Waals surface area (Å²) in [4.78, 5) is 19.5. The lowest BCUT2D eigenvalue weighted by atomic mass is 10.1. The fourth-order valence-electron chi connectivity index (χ4n) is 2.21. The molecule has 0 bridgehead atoms. The van der Waals surface area contributed by atoms with Crippen LogP contribution in [0.5, 0.6) is 0 Å². The molecule has 0 unspecified atom stereocenters. The molecule has 0 aliphatic heterocycles. The quantitative estimate of drug-likeness (QED) is 0.242. The van der Waals surface area contributed by atoms with Crippen molar-refractivity contribution in [2.24, 2.45) is 0 Å². The molecule has 0 saturated carbocycles. The van der Waals surface area contributed by atoms with Crippen LogP contribution in [0.3, 0.4) is 0 Å². The van der Waals surface area contributed by atoms with E-state index < -0.39 is 5.97 Å². The topological polar surface area (TPSA) is 63.6 Å². The lowest BCUT2D eigenvalue weighted by Crippen LogP contribution is -1.99. The number of carboxylic acids is 1. The lowest BCUT2D eigenvalue weighted by Gasteiger charge is -2.02. The molecular formula is C20H38O4. The van der Waals surface area contributed by atoms with E-state index in [0.717, 1.165) is 13.3 Å². The van der Waals surface area contributed by atoms with Gasteiger partial charge in [-0.2, -0.15) is 0 Å². The minimum atomic E-state index is -0.833. The number of unbranched alkanes of at least 4 members (excludes halogenated alkanes) is 10. The number of carbonyl (C=O) groups excluding carboxylic acids is 1. The number of rotatable bonds is 14. The second kappa shape index (κ2) is 21.7. The molecule has 4 heteroatoms. The van der Waals surface area contributed by atoms with Crippen molar-refractivity contribution in [1.82, 2.24) is 0 Å². The van der Waals surface area contributed by atoms with Crippen LogP contribution in [0.4, 0.5) is 0 Å². The van der Waals surface area contributed by atoms with Gasteiger partial charge < -0.3 is 9.84 Å². The van der Waals surface area contributed by atoms with Crippen molar-refractivity contribution in [2.75, 3.05) is 6.61 Å². The third-order valence-electron chi connectivity index (χ3n) is 3.46. The van der Waals surface area contributed by atoms with Gasteiger partial charge in [0.1, 0.15) is 0 Å². The van der Waals surface area contributed by atoms with Gasteiger partial charge in [0.15, 0.2) is 0 Å². The minimum absolute atomic E-state index is 0.161. The minimum Gasteiger partial charge on any atom is -0.481 e. The lowest BCUT2D eigenvalue weighted by molar-refractivity contribution is -0.141. The van der Waals surface area contributed by atoms with Crippen LogP contribution < -0.4 is 0 Å². The molecule has 142 valence electrons. The maximum atomic E-state index is 10.5. The summed E-state index contributed by atoms with van der Waals surface area (Å²) in [7, 11) is 0. The molecule has 0 heterocycles. The van der Waals surface area contributed by atoms with Crippen LogP contribution >= 0.6 is 0 Å². The number of carbonyl (C=O) groups is 2. The number of hydrogen-bond donors (Lipinski definition) is 1. The molecule has 0 spiro atoms. The molecule has 0 aliphatic carbocycles. The number of carboxylic acid groups (broad SMARTS) is 1. The smallest absolute Gasteiger partial charge is 0.302 e. The molecule has 0 radical (unpaired) electrons. The van der Waals surface area contributed by atoms with Gasteiger partial charge in [-0.1, -0.05) is 64.0 Å². The first-order valence-corrected chi connectivity index (χ1v) is 9.48. The summed E-state index contributed by atoms with van der Waals surface area (Å²) >= 11 is 0. The summed E-state index contributed by atoms with van der Waals surface area (Å²) in [5.41, 5.74) is 0. The van der Waals surface area contributed by atoms with Crippen molar-refractivity contribution in [3.63, 3.8) is 0 Å². The number of hydrogen-bond acceptors (Lipinski definition) is 3. The maximum absolute atomic E-state index is 10.5. The molecule has 0 atom stereocenters. The highest BCUT2D eigenvalue weighted by atomic mass is 16.5. The number of aliphatic carboxylic acids is 1. The number of esters is 1. The second-order valence-electron chi connectivity index (χ2n) is 6.09. The monoisotopic (exact) mass is 342 g/mol. The van der Waals surface area contributed by atoms with Crippen molar-refractivity contribution < 1.29 is 19.4 Å². The van der Waals surface area contributed by atoms with Gasteiger partial charge in [0, 0.05) is 13.8 Å². The molecule has 24 heavy (non-hydrogen) atoms. The van der Waals surface area contributed by atoms with E-state index in [0.29, 0.717) is 6.61 Å². The van der Waals surface area contributed by atoms with Crippen LogP contribution in [0.2, 0.25) is 0 Å². The fraction of sp³-hybridized carbons (Fsp3) is 0.800. The van der Waals surface area contributed by atoms with E-state index in [4.69, 9.17) is 14.6 Å². The first-order chi connectivity index (χ1) is 11.5. The molecule has 1 N–H and O–H groups in total. The summed E-state index contributed by atoms with van der Waals surface area (Å²) in [6.45, 7) is 5.40. The largest absolute Gasteiger partial charge is 0.481 e. The third-order valence-corrected chi connectivity index (χ3v) is 3.46. The Labute approximate surface area is 148 Å². The van der Waals surface area contributed by atoms with Crippen molar-refractivity contribution in [3.8, 4) is 0 Å². The van der Waals surface area contributed by atoms with E-state index >= 15 is 0 Å². The molecule has 0 saturated heterocycles. The van der Waals surface area contributed by atoms with Gasteiger partial charge in [-0.25, -0.2) is 0 Å². The summed E-state index contributed by atoms with van der Waals surface area (Å²) in [6, 6.07) is 0. The third kappa shape index (κ3) is 32.6. The van der Waals surface area contributed by atoms with E-state index in [9.17, 15) is 4.79 Å². The van der Waals surface area contributed by atoms with Gasteiger partial charge in [-0.05, 0) is 32.1 Å². The number of ether oxygens (including phenoxy) is 1. The molecule has 0 aromatic heterocycles. The van der Waals surface area contributed by atoms with Crippen LogP contribution in [0.15, 0.2) is 12.2 Å². The van der Waals surface area contributed by atoms with Crippen LogP contribution in [0, 0.1) is 0 Å². The highest BCUT2D eigenvalue weighted by Crippen LogP contribution is 2.08. The predicted molar refractivity (Wildman–Crippen MR) is 100 cm³/mol. The Morgan fingerprint density at radius 1 is 0.792 bits per heavy atom. The molecule has 0 fully saturated rings. The van der Waals surface area contributed by atoms with Crippen LogP contribution in [-0.4, -0.2) is 23.7 Å². The van der Waals surface area contributed by atoms with Crippen molar-refractivity contribution in [2.45, 2.75) is 97.8 Å². The normalized spacial score (nSPS) is 10.3. The zero-order valence-electron chi connectivity index (χ0n) is 16.0. The first kappa shape index (κ1) is 24.9. The summed E-state index contributed by atoms with van der Waals surface area (Å²) in [5.74, 6) is -0.994. The van der Waals surface area contributed by atoms with Crippen LogP contribution in [0.25, 0.3) is 0 Å². The van der Waals surface area contributed by atoms with E-state index in [1.165, 1.54) is 77.6 Å². The molecule has 0 rings (SSSR count). The predicted octanol–water partition coefficient (Wildman–Crippen LogP) is 5.90. The molecule has 0 aliphatic rings. The Kier molecular flexibility index (Phi) is 22.5. The van der Waals surface area contributed by atoms with Crippen molar-refractivity contribution in [1.29, 1.82) is 0 Å². The van der Waals surface area contributed by atoms with Crippen LogP contribution in [-0.2, 0) is 14.3 Å². The average molecular weight is 343 g/mol. The molecule has 4 nitrogen and oxygen atoms in total. The van der Waals surface area contributed by atoms with Crippen molar-refractivity contribution in [3.05, 3.63) is 12.2 Å². The Hall–Kier alpha value is -1.32. The zero-order valence-corrected chi connectivity index (χ0v) is 16.0. The Morgan fingerprint density at radius 2 is 1.21 bits per heavy atom. The SMILES string of the molecule is CC(=O)O.CCCCCC/C=C\CCCCCCCCOC(C)=O. The average Bonchev–Trinajstić information content (AvgIpc) is 2.50. The Bertz CT molecular complexity index is 307. The van der Waals surface area contributed by atoms with Gasteiger partial charge in [0.25, 0.3) is 5.97 Å². The number of allylic oxidation sites excluding steroid dienone is 2. The Morgan fingerprint density at radius 3 is 1.67 bits per heavy atom. The fourth-order valence-corrected chi connectivity index (χ4v) is 2.21. The van der Waals surface area contributed by atoms with Gasteiger partial charge >= 0.3 is 5.97 Å². The highest BCUT2D eigenvalue weighted by molar-refractivity contribution is 5.65. The van der Waals surface area contributed by atoms with Gasteiger partial charge in [0.05, 0.1) is 6.61 Å². The van der Waals surface area contributed by atoms with Gasteiger partial charge in [0.2, 0.25) is 0 Å².